The van der Waals surface area contributed by atoms with Crippen molar-refractivity contribution in [2.24, 2.45) is 0 Å². The zero-order chi connectivity index (χ0) is 22.0. The van der Waals surface area contributed by atoms with E-state index in [1.165, 1.54) is 22.3 Å². The molecule has 4 rings (SSSR count). The molecule has 1 aromatic heterocycles. The Labute approximate surface area is 184 Å². The molecule has 5 nitrogen and oxygen atoms in total. The summed E-state index contributed by atoms with van der Waals surface area (Å²) in [6, 6.07) is 16.7. The average Bonchev–Trinajstić information content (AvgIpc) is 2.76. The zero-order valence-corrected chi connectivity index (χ0v) is 18.9. The molecule has 0 bridgehead atoms. The van der Waals surface area contributed by atoms with Gasteiger partial charge in [0.15, 0.2) is 5.82 Å². The van der Waals surface area contributed by atoms with E-state index in [0.29, 0.717) is 19.5 Å². The van der Waals surface area contributed by atoms with Crippen molar-refractivity contribution >= 4 is 11.7 Å². The standard InChI is InChI=1S/C26H30N4O/c1-18-6-5-7-22(14-18)17-26(31)30-12-10-29(11-13-30)25-9-8-24(27-28-25)23-16-20(3)19(2)15-21(23)4/h5-9,14-16H,10-13,17H2,1-4H3. The van der Waals surface area contributed by atoms with Crippen molar-refractivity contribution in [3.63, 3.8) is 0 Å². The maximum Gasteiger partial charge on any atom is 0.227 e. The summed E-state index contributed by atoms with van der Waals surface area (Å²) in [5.74, 6) is 1.06. The van der Waals surface area contributed by atoms with Crippen LogP contribution in [-0.2, 0) is 11.2 Å². The fourth-order valence-electron chi connectivity index (χ4n) is 4.17. The van der Waals surface area contributed by atoms with E-state index in [1.54, 1.807) is 0 Å². The molecule has 0 aliphatic carbocycles. The predicted molar refractivity (Wildman–Crippen MR) is 125 cm³/mol. The van der Waals surface area contributed by atoms with Crippen LogP contribution in [0.5, 0.6) is 0 Å². The van der Waals surface area contributed by atoms with Crippen LogP contribution in [0.15, 0.2) is 48.5 Å². The molecule has 1 fully saturated rings. The largest absolute Gasteiger partial charge is 0.352 e. The number of anilines is 1. The van der Waals surface area contributed by atoms with Gasteiger partial charge in [0, 0.05) is 31.7 Å². The van der Waals surface area contributed by atoms with Gasteiger partial charge in [0.25, 0.3) is 0 Å². The fourth-order valence-corrected chi connectivity index (χ4v) is 4.17. The summed E-state index contributed by atoms with van der Waals surface area (Å²) < 4.78 is 0. The highest BCUT2D eigenvalue weighted by Gasteiger charge is 2.22. The van der Waals surface area contributed by atoms with Gasteiger partial charge < -0.3 is 9.80 Å². The number of benzene rings is 2. The maximum absolute atomic E-state index is 12.7. The minimum Gasteiger partial charge on any atom is -0.352 e. The lowest BCUT2D eigenvalue weighted by Gasteiger charge is -2.35. The number of piperazine rings is 1. The predicted octanol–water partition coefficient (Wildman–Crippen LogP) is 4.27. The third-order valence-corrected chi connectivity index (χ3v) is 6.16. The second-order valence-electron chi connectivity index (χ2n) is 8.56. The summed E-state index contributed by atoms with van der Waals surface area (Å²) in [7, 11) is 0. The van der Waals surface area contributed by atoms with E-state index in [4.69, 9.17) is 0 Å². The Morgan fingerprint density at radius 1 is 0.839 bits per heavy atom. The third-order valence-electron chi connectivity index (χ3n) is 6.16. The number of hydrogen-bond acceptors (Lipinski definition) is 4. The number of carbonyl (C=O) groups is 1. The topological polar surface area (TPSA) is 49.3 Å². The van der Waals surface area contributed by atoms with Gasteiger partial charge in [-0.2, -0.15) is 0 Å². The molecule has 0 spiro atoms. The number of carbonyl (C=O) groups excluding carboxylic acids is 1. The molecule has 2 heterocycles. The van der Waals surface area contributed by atoms with Crippen LogP contribution in [0.4, 0.5) is 5.82 Å². The van der Waals surface area contributed by atoms with Gasteiger partial charge in [0.2, 0.25) is 5.91 Å². The molecule has 2 aromatic carbocycles. The normalized spacial score (nSPS) is 14.1. The number of nitrogens with zero attached hydrogens (tertiary/aromatic N) is 4. The van der Waals surface area contributed by atoms with Gasteiger partial charge in [0.1, 0.15) is 0 Å². The molecule has 1 amide bonds. The quantitative estimate of drug-likeness (QED) is 0.640. The first-order chi connectivity index (χ1) is 14.9. The summed E-state index contributed by atoms with van der Waals surface area (Å²) in [5, 5.41) is 8.99. The summed E-state index contributed by atoms with van der Waals surface area (Å²) in [5.41, 5.74) is 8.07. The highest BCUT2D eigenvalue weighted by atomic mass is 16.2. The van der Waals surface area contributed by atoms with E-state index in [9.17, 15) is 4.79 Å². The minimum atomic E-state index is 0.192. The Morgan fingerprint density at radius 3 is 2.26 bits per heavy atom. The number of aryl methyl sites for hydroxylation is 4. The van der Waals surface area contributed by atoms with Crippen molar-refractivity contribution in [1.82, 2.24) is 15.1 Å². The van der Waals surface area contributed by atoms with Crippen LogP contribution in [0.25, 0.3) is 11.3 Å². The second kappa shape index (κ2) is 8.88. The smallest absolute Gasteiger partial charge is 0.227 e. The summed E-state index contributed by atoms with van der Waals surface area (Å²) in [4.78, 5) is 16.9. The first-order valence-electron chi connectivity index (χ1n) is 10.9. The molecule has 1 saturated heterocycles. The fraction of sp³-hybridized carbons (Fsp3) is 0.346. The monoisotopic (exact) mass is 414 g/mol. The Bertz CT molecular complexity index is 1080. The van der Waals surface area contributed by atoms with Crippen molar-refractivity contribution in [3.05, 3.63) is 76.3 Å². The Balaban J connectivity index is 1.38. The Morgan fingerprint density at radius 2 is 1.58 bits per heavy atom. The molecule has 0 N–H and O–H groups in total. The van der Waals surface area contributed by atoms with E-state index in [2.05, 4.69) is 73.1 Å². The lowest BCUT2D eigenvalue weighted by Crippen LogP contribution is -2.49. The highest BCUT2D eigenvalue weighted by Crippen LogP contribution is 2.25. The van der Waals surface area contributed by atoms with Crippen molar-refractivity contribution in [3.8, 4) is 11.3 Å². The van der Waals surface area contributed by atoms with Crippen LogP contribution in [0.1, 0.15) is 27.8 Å². The summed E-state index contributed by atoms with van der Waals surface area (Å²) >= 11 is 0. The SMILES string of the molecule is Cc1cccc(CC(=O)N2CCN(c3ccc(-c4cc(C)c(C)cc4C)nn3)CC2)c1. The molecule has 3 aromatic rings. The average molecular weight is 415 g/mol. The molecule has 1 aliphatic heterocycles. The molecule has 1 aliphatic rings. The number of rotatable bonds is 4. The van der Waals surface area contributed by atoms with Gasteiger partial charge in [-0.05, 0) is 68.1 Å². The lowest BCUT2D eigenvalue weighted by molar-refractivity contribution is -0.130. The molecular weight excluding hydrogens is 384 g/mol. The van der Waals surface area contributed by atoms with Crippen LogP contribution in [0, 0.1) is 27.7 Å². The van der Waals surface area contributed by atoms with Gasteiger partial charge in [-0.15, -0.1) is 10.2 Å². The van der Waals surface area contributed by atoms with Crippen molar-refractivity contribution < 1.29 is 4.79 Å². The minimum absolute atomic E-state index is 0.192. The van der Waals surface area contributed by atoms with Gasteiger partial charge in [0.05, 0.1) is 12.1 Å². The van der Waals surface area contributed by atoms with Gasteiger partial charge in [-0.1, -0.05) is 35.9 Å². The molecule has 160 valence electrons. The van der Waals surface area contributed by atoms with Crippen LogP contribution in [0.3, 0.4) is 0 Å². The van der Waals surface area contributed by atoms with E-state index in [1.807, 2.05) is 23.1 Å². The molecule has 0 saturated carbocycles. The summed E-state index contributed by atoms with van der Waals surface area (Å²) in [6.07, 6.45) is 0.464. The van der Waals surface area contributed by atoms with Crippen molar-refractivity contribution in [2.45, 2.75) is 34.1 Å². The van der Waals surface area contributed by atoms with Crippen LogP contribution >= 0.6 is 0 Å². The second-order valence-corrected chi connectivity index (χ2v) is 8.56. The first-order valence-corrected chi connectivity index (χ1v) is 10.9. The first kappa shape index (κ1) is 21.0. The number of hydrogen-bond donors (Lipinski definition) is 0. The molecule has 0 unspecified atom stereocenters. The highest BCUT2D eigenvalue weighted by molar-refractivity contribution is 5.79. The zero-order valence-electron chi connectivity index (χ0n) is 18.9. The van der Waals surface area contributed by atoms with Gasteiger partial charge >= 0.3 is 0 Å². The molecule has 5 heteroatoms. The van der Waals surface area contributed by atoms with E-state index < -0.39 is 0 Å². The van der Waals surface area contributed by atoms with E-state index >= 15 is 0 Å². The van der Waals surface area contributed by atoms with E-state index in [-0.39, 0.29) is 5.91 Å². The molecule has 31 heavy (non-hydrogen) atoms. The van der Waals surface area contributed by atoms with Crippen molar-refractivity contribution in [1.29, 1.82) is 0 Å². The Kier molecular flexibility index (Phi) is 6.03. The molecule has 0 atom stereocenters. The molecule has 0 radical (unpaired) electrons. The van der Waals surface area contributed by atoms with Gasteiger partial charge in [-0.3, -0.25) is 4.79 Å². The van der Waals surface area contributed by atoms with Crippen molar-refractivity contribution in [2.75, 3.05) is 31.1 Å². The lowest BCUT2D eigenvalue weighted by atomic mass is 9.99. The maximum atomic E-state index is 12.7. The summed E-state index contributed by atoms with van der Waals surface area (Å²) in [6.45, 7) is 11.4. The number of amides is 1. The van der Waals surface area contributed by atoms with Crippen LogP contribution in [0.2, 0.25) is 0 Å². The van der Waals surface area contributed by atoms with Crippen LogP contribution < -0.4 is 4.90 Å². The van der Waals surface area contributed by atoms with Crippen LogP contribution in [-0.4, -0.2) is 47.2 Å². The third kappa shape index (κ3) is 4.76. The molecular formula is C26H30N4O. The van der Waals surface area contributed by atoms with Gasteiger partial charge in [-0.25, -0.2) is 0 Å². The Hall–Kier alpha value is -3.21. The van der Waals surface area contributed by atoms with E-state index in [0.717, 1.165) is 35.7 Å². The number of aromatic nitrogens is 2.